The molecule has 4 unspecified atom stereocenters. The van der Waals surface area contributed by atoms with E-state index in [9.17, 15) is 14.7 Å². The maximum Gasteiger partial charge on any atom is 0.320 e. The van der Waals surface area contributed by atoms with E-state index in [1.54, 1.807) is 9.80 Å². The summed E-state index contributed by atoms with van der Waals surface area (Å²) in [5.74, 6) is -1.01. The molecule has 2 fully saturated rings. The molecule has 0 aromatic rings. The SMILES string of the molecule is CC1CN(C(=O)N2CCC(C(=O)O)CC2C)CCC1O. The van der Waals surface area contributed by atoms with Crippen LogP contribution in [0.3, 0.4) is 0 Å². The van der Waals surface area contributed by atoms with E-state index < -0.39 is 5.97 Å². The highest BCUT2D eigenvalue weighted by Gasteiger charge is 2.36. The molecule has 0 aliphatic carbocycles. The van der Waals surface area contributed by atoms with Crippen molar-refractivity contribution in [2.45, 2.75) is 45.3 Å². The van der Waals surface area contributed by atoms with E-state index in [0.717, 1.165) is 0 Å². The number of aliphatic hydroxyl groups is 1. The quantitative estimate of drug-likeness (QED) is 0.752. The van der Waals surface area contributed by atoms with Crippen molar-refractivity contribution in [1.82, 2.24) is 9.80 Å². The molecule has 114 valence electrons. The Bertz CT molecular complexity index is 387. The number of aliphatic carboxylic acids is 1. The molecule has 2 aliphatic heterocycles. The monoisotopic (exact) mass is 284 g/mol. The average molecular weight is 284 g/mol. The molecular weight excluding hydrogens is 260 g/mol. The Morgan fingerprint density at radius 1 is 1.15 bits per heavy atom. The molecule has 2 heterocycles. The lowest BCUT2D eigenvalue weighted by Crippen LogP contribution is -2.55. The number of nitrogens with zero attached hydrogens (tertiary/aromatic N) is 2. The molecule has 0 aromatic carbocycles. The molecule has 6 heteroatoms. The first kappa shape index (κ1) is 15.1. The molecule has 2 rings (SSSR count). The van der Waals surface area contributed by atoms with Crippen LogP contribution in [0.15, 0.2) is 0 Å². The van der Waals surface area contributed by atoms with Crippen LogP contribution in [0.2, 0.25) is 0 Å². The third-order valence-corrected chi connectivity index (χ3v) is 4.60. The smallest absolute Gasteiger partial charge is 0.320 e. The standard InChI is InChI=1S/C14H24N2O4/c1-9-8-15(5-4-12(9)17)14(20)16-6-3-11(13(18)19)7-10(16)2/h9-12,17H,3-8H2,1-2H3,(H,18,19). The van der Waals surface area contributed by atoms with Gasteiger partial charge in [-0.25, -0.2) is 4.79 Å². The highest BCUT2D eigenvalue weighted by atomic mass is 16.4. The zero-order valence-electron chi connectivity index (χ0n) is 12.2. The number of carbonyl (C=O) groups is 2. The van der Waals surface area contributed by atoms with E-state index >= 15 is 0 Å². The normalized spacial score (nSPS) is 35.0. The first-order valence-corrected chi connectivity index (χ1v) is 7.36. The molecule has 6 nitrogen and oxygen atoms in total. The summed E-state index contributed by atoms with van der Waals surface area (Å²) in [5, 5.41) is 18.8. The van der Waals surface area contributed by atoms with E-state index in [-0.39, 0.29) is 30.0 Å². The van der Waals surface area contributed by atoms with Gasteiger partial charge in [-0.05, 0) is 32.1 Å². The largest absolute Gasteiger partial charge is 0.481 e. The van der Waals surface area contributed by atoms with Crippen molar-refractivity contribution in [3.63, 3.8) is 0 Å². The zero-order chi connectivity index (χ0) is 14.9. The second-order valence-electron chi connectivity index (χ2n) is 6.16. The van der Waals surface area contributed by atoms with Crippen LogP contribution in [0.5, 0.6) is 0 Å². The second-order valence-corrected chi connectivity index (χ2v) is 6.16. The molecule has 2 N–H and O–H groups in total. The van der Waals surface area contributed by atoms with Gasteiger partial charge in [-0.15, -0.1) is 0 Å². The molecule has 0 bridgehead atoms. The van der Waals surface area contributed by atoms with Crippen LogP contribution in [-0.2, 0) is 4.79 Å². The van der Waals surface area contributed by atoms with Gasteiger partial charge in [0.25, 0.3) is 0 Å². The van der Waals surface area contributed by atoms with E-state index in [4.69, 9.17) is 5.11 Å². The zero-order valence-corrected chi connectivity index (χ0v) is 12.2. The predicted octanol–water partition coefficient (Wildman–Crippen LogP) is 0.994. The van der Waals surface area contributed by atoms with Crippen LogP contribution in [0.4, 0.5) is 4.79 Å². The fourth-order valence-corrected chi connectivity index (χ4v) is 3.17. The van der Waals surface area contributed by atoms with Crippen LogP contribution in [0.25, 0.3) is 0 Å². The van der Waals surface area contributed by atoms with Gasteiger partial charge in [0.1, 0.15) is 0 Å². The first-order valence-electron chi connectivity index (χ1n) is 7.36. The van der Waals surface area contributed by atoms with Crippen LogP contribution >= 0.6 is 0 Å². The minimum Gasteiger partial charge on any atom is -0.481 e. The van der Waals surface area contributed by atoms with Gasteiger partial charge in [0.05, 0.1) is 12.0 Å². The molecule has 0 spiro atoms. The van der Waals surface area contributed by atoms with Gasteiger partial charge >= 0.3 is 12.0 Å². The highest BCUT2D eigenvalue weighted by molar-refractivity contribution is 5.76. The van der Waals surface area contributed by atoms with Gasteiger partial charge in [0.15, 0.2) is 0 Å². The first-order chi connectivity index (χ1) is 9.40. The molecular formula is C14H24N2O4. The van der Waals surface area contributed by atoms with Gasteiger partial charge in [0, 0.05) is 25.7 Å². The number of piperidine rings is 2. The molecule has 4 atom stereocenters. The Kier molecular flexibility index (Phi) is 4.52. The number of rotatable bonds is 1. The van der Waals surface area contributed by atoms with Gasteiger partial charge in [-0.3, -0.25) is 4.79 Å². The third kappa shape index (κ3) is 3.06. The Labute approximate surface area is 119 Å². The Morgan fingerprint density at radius 2 is 1.85 bits per heavy atom. The lowest BCUT2D eigenvalue weighted by Gasteiger charge is -2.42. The topological polar surface area (TPSA) is 81.1 Å². The average Bonchev–Trinajstić information content (AvgIpc) is 2.41. The van der Waals surface area contributed by atoms with Crippen molar-refractivity contribution < 1.29 is 19.8 Å². The summed E-state index contributed by atoms with van der Waals surface area (Å²) in [4.78, 5) is 27.1. The highest BCUT2D eigenvalue weighted by Crippen LogP contribution is 2.25. The Morgan fingerprint density at radius 3 is 2.40 bits per heavy atom. The molecule has 2 saturated heterocycles. The number of hydrogen-bond donors (Lipinski definition) is 2. The summed E-state index contributed by atoms with van der Waals surface area (Å²) < 4.78 is 0. The summed E-state index contributed by atoms with van der Waals surface area (Å²) >= 11 is 0. The van der Waals surface area contributed by atoms with Crippen molar-refractivity contribution in [3.05, 3.63) is 0 Å². The van der Waals surface area contributed by atoms with E-state index in [2.05, 4.69) is 0 Å². The number of amides is 2. The van der Waals surface area contributed by atoms with Crippen molar-refractivity contribution in [2.75, 3.05) is 19.6 Å². The van der Waals surface area contributed by atoms with E-state index in [1.165, 1.54) is 0 Å². The van der Waals surface area contributed by atoms with Crippen LogP contribution < -0.4 is 0 Å². The summed E-state index contributed by atoms with van der Waals surface area (Å²) in [6.07, 6.45) is 1.34. The number of aliphatic hydroxyl groups excluding tert-OH is 1. The molecule has 0 radical (unpaired) electrons. The summed E-state index contributed by atoms with van der Waals surface area (Å²) in [6, 6.07) is -0.0559. The number of hydrogen-bond acceptors (Lipinski definition) is 3. The lowest BCUT2D eigenvalue weighted by molar-refractivity contribution is -0.143. The maximum absolute atomic E-state index is 12.5. The number of carboxylic acids is 1. The van der Waals surface area contributed by atoms with Crippen molar-refractivity contribution >= 4 is 12.0 Å². The maximum atomic E-state index is 12.5. The fourth-order valence-electron chi connectivity index (χ4n) is 3.17. The predicted molar refractivity (Wildman–Crippen MR) is 73.3 cm³/mol. The van der Waals surface area contributed by atoms with Gasteiger partial charge < -0.3 is 20.0 Å². The summed E-state index contributed by atoms with van der Waals surface area (Å²) in [5.41, 5.74) is 0. The molecule has 2 aliphatic rings. The van der Waals surface area contributed by atoms with Crippen LogP contribution in [0.1, 0.15) is 33.1 Å². The van der Waals surface area contributed by atoms with Crippen molar-refractivity contribution in [3.8, 4) is 0 Å². The molecule has 0 aromatic heterocycles. The summed E-state index contributed by atoms with van der Waals surface area (Å²) in [7, 11) is 0. The Balaban J connectivity index is 1.95. The number of urea groups is 1. The van der Waals surface area contributed by atoms with E-state index in [0.29, 0.717) is 38.9 Å². The minimum atomic E-state index is -0.765. The van der Waals surface area contributed by atoms with Gasteiger partial charge in [-0.1, -0.05) is 6.92 Å². The second kappa shape index (κ2) is 5.99. The van der Waals surface area contributed by atoms with Gasteiger partial charge in [0.2, 0.25) is 0 Å². The van der Waals surface area contributed by atoms with Crippen LogP contribution in [0, 0.1) is 11.8 Å². The lowest BCUT2D eigenvalue weighted by atomic mass is 9.91. The number of carbonyl (C=O) groups excluding carboxylic acids is 1. The molecule has 0 saturated carbocycles. The van der Waals surface area contributed by atoms with E-state index in [1.807, 2.05) is 13.8 Å². The van der Waals surface area contributed by atoms with Crippen molar-refractivity contribution in [2.24, 2.45) is 11.8 Å². The summed E-state index contributed by atoms with van der Waals surface area (Å²) in [6.45, 7) is 5.52. The number of carboxylic acid groups (broad SMARTS) is 1. The minimum absolute atomic E-state index is 0.0138. The molecule has 2 amide bonds. The Hall–Kier alpha value is -1.30. The van der Waals surface area contributed by atoms with Gasteiger partial charge in [-0.2, -0.15) is 0 Å². The molecule has 20 heavy (non-hydrogen) atoms. The van der Waals surface area contributed by atoms with Crippen molar-refractivity contribution in [1.29, 1.82) is 0 Å². The fraction of sp³-hybridized carbons (Fsp3) is 0.857. The third-order valence-electron chi connectivity index (χ3n) is 4.60. The van der Waals surface area contributed by atoms with Crippen LogP contribution in [-0.4, -0.2) is 63.8 Å². The number of likely N-dealkylation sites (tertiary alicyclic amines) is 2.